The van der Waals surface area contributed by atoms with E-state index in [2.05, 4.69) is 5.32 Å². The lowest BCUT2D eigenvalue weighted by atomic mass is 10.2. The Kier molecular flexibility index (Phi) is 5.50. The molecule has 0 aliphatic carbocycles. The van der Waals surface area contributed by atoms with E-state index in [0.29, 0.717) is 29.5 Å². The molecule has 1 heterocycles. The topological polar surface area (TPSA) is 75.7 Å². The number of nitrogens with one attached hydrogen (secondary N) is 1. The molecular weight excluding hydrogens is 376 g/mol. The van der Waals surface area contributed by atoms with Crippen LogP contribution in [0.2, 0.25) is 5.02 Å². The Balaban J connectivity index is 1.82. The molecular formula is C18H19ClN2O4S. The van der Waals surface area contributed by atoms with E-state index in [1.165, 1.54) is 23.5 Å². The van der Waals surface area contributed by atoms with Gasteiger partial charge in [-0.05, 0) is 43.2 Å². The van der Waals surface area contributed by atoms with E-state index >= 15 is 0 Å². The Labute approximate surface area is 157 Å². The van der Waals surface area contributed by atoms with Gasteiger partial charge in [-0.25, -0.2) is 8.42 Å². The second-order valence-electron chi connectivity index (χ2n) is 5.94. The maximum absolute atomic E-state index is 12.7. The molecule has 1 fully saturated rings. The molecule has 0 radical (unpaired) electrons. The van der Waals surface area contributed by atoms with Gasteiger partial charge in [0.05, 0.1) is 22.7 Å². The first kappa shape index (κ1) is 18.7. The van der Waals surface area contributed by atoms with Gasteiger partial charge in [-0.3, -0.25) is 4.79 Å². The van der Waals surface area contributed by atoms with Gasteiger partial charge in [0.1, 0.15) is 5.75 Å². The zero-order valence-corrected chi connectivity index (χ0v) is 15.8. The maximum atomic E-state index is 12.7. The number of benzene rings is 2. The van der Waals surface area contributed by atoms with Crippen molar-refractivity contribution >= 4 is 33.2 Å². The largest absolute Gasteiger partial charge is 0.497 e. The van der Waals surface area contributed by atoms with Crippen molar-refractivity contribution < 1.29 is 17.9 Å². The van der Waals surface area contributed by atoms with Gasteiger partial charge in [0.15, 0.2) is 0 Å². The lowest BCUT2D eigenvalue weighted by Crippen LogP contribution is -2.28. The summed E-state index contributed by atoms with van der Waals surface area (Å²) in [5.41, 5.74) is 0.669. The van der Waals surface area contributed by atoms with Gasteiger partial charge in [0.25, 0.3) is 5.91 Å². The van der Waals surface area contributed by atoms with Crippen LogP contribution in [-0.2, 0) is 10.0 Å². The number of halogens is 1. The van der Waals surface area contributed by atoms with Crippen molar-refractivity contribution in [3.05, 3.63) is 53.1 Å². The van der Waals surface area contributed by atoms with Gasteiger partial charge in [0, 0.05) is 24.7 Å². The van der Waals surface area contributed by atoms with Crippen LogP contribution < -0.4 is 10.1 Å². The number of carbonyl (C=O) groups excluding carboxylic acids is 1. The minimum Gasteiger partial charge on any atom is -0.497 e. The second-order valence-corrected chi connectivity index (χ2v) is 8.28. The summed E-state index contributed by atoms with van der Waals surface area (Å²) in [5.74, 6) is 0.141. The number of nitrogens with zero attached hydrogens (tertiary/aromatic N) is 1. The highest BCUT2D eigenvalue weighted by atomic mass is 35.5. The molecule has 26 heavy (non-hydrogen) atoms. The highest BCUT2D eigenvalue weighted by Gasteiger charge is 2.27. The summed E-state index contributed by atoms with van der Waals surface area (Å²) in [7, 11) is -2.05. The molecule has 138 valence electrons. The molecule has 1 saturated heterocycles. The third-order valence-corrected chi connectivity index (χ3v) is 6.43. The fourth-order valence-electron chi connectivity index (χ4n) is 2.79. The Morgan fingerprint density at radius 3 is 2.54 bits per heavy atom. The van der Waals surface area contributed by atoms with E-state index in [1.807, 2.05) is 0 Å². The second kappa shape index (κ2) is 7.65. The molecule has 1 aliphatic rings. The Bertz CT molecular complexity index is 925. The van der Waals surface area contributed by atoms with Crippen molar-refractivity contribution in [2.45, 2.75) is 17.7 Å². The van der Waals surface area contributed by atoms with Crippen LogP contribution in [0.15, 0.2) is 47.4 Å². The number of ether oxygens (including phenoxy) is 1. The summed E-state index contributed by atoms with van der Waals surface area (Å²) in [6.45, 7) is 1.03. The minimum absolute atomic E-state index is 0.118. The quantitative estimate of drug-likeness (QED) is 0.843. The number of hydrogen-bond donors (Lipinski definition) is 1. The smallest absolute Gasteiger partial charge is 0.255 e. The normalized spacial score (nSPS) is 15.0. The average Bonchev–Trinajstić information content (AvgIpc) is 3.19. The molecule has 0 spiro atoms. The van der Waals surface area contributed by atoms with Crippen LogP contribution in [0, 0.1) is 0 Å². The van der Waals surface area contributed by atoms with Crippen LogP contribution in [0.3, 0.4) is 0 Å². The van der Waals surface area contributed by atoms with E-state index in [9.17, 15) is 13.2 Å². The van der Waals surface area contributed by atoms with E-state index in [4.69, 9.17) is 16.3 Å². The fraction of sp³-hybridized carbons (Fsp3) is 0.278. The molecule has 2 aromatic carbocycles. The number of rotatable bonds is 5. The lowest BCUT2D eigenvalue weighted by Gasteiger charge is -2.16. The highest BCUT2D eigenvalue weighted by Crippen LogP contribution is 2.27. The molecule has 1 amide bonds. The molecule has 0 atom stereocenters. The minimum atomic E-state index is -3.57. The molecule has 0 bridgehead atoms. The Hall–Kier alpha value is -2.09. The fourth-order valence-corrected chi connectivity index (χ4v) is 4.58. The first-order valence-corrected chi connectivity index (χ1v) is 9.99. The van der Waals surface area contributed by atoms with Gasteiger partial charge in [0.2, 0.25) is 10.0 Å². The first-order valence-electron chi connectivity index (χ1n) is 8.17. The number of sulfonamides is 1. The van der Waals surface area contributed by atoms with Gasteiger partial charge >= 0.3 is 0 Å². The van der Waals surface area contributed by atoms with Crippen LogP contribution in [-0.4, -0.2) is 38.8 Å². The van der Waals surface area contributed by atoms with Gasteiger partial charge < -0.3 is 10.1 Å². The molecule has 8 heteroatoms. The number of amides is 1. The van der Waals surface area contributed by atoms with Gasteiger partial charge in [-0.2, -0.15) is 4.31 Å². The number of hydrogen-bond acceptors (Lipinski definition) is 4. The van der Waals surface area contributed by atoms with Crippen LogP contribution >= 0.6 is 11.6 Å². The molecule has 1 N–H and O–H groups in total. The zero-order valence-electron chi connectivity index (χ0n) is 14.2. The standard InChI is InChI=1S/C18H19ClN2O4S/c1-25-14-7-8-17(16(19)12-14)20-18(22)13-5-4-6-15(11-13)26(23,24)21-9-2-3-10-21/h4-8,11-12H,2-3,9-10H2,1H3,(H,20,22). The molecule has 0 unspecified atom stereocenters. The molecule has 3 rings (SSSR count). The van der Waals surface area contributed by atoms with E-state index in [0.717, 1.165) is 12.8 Å². The van der Waals surface area contributed by atoms with Gasteiger partial charge in [-0.15, -0.1) is 0 Å². The molecule has 6 nitrogen and oxygen atoms in total. The van der Waals surface area contributed by atoms with Crippen LogP contribution in [0.5, 0.6) is 5.75 Å². The predicted octanol–water partition coefficient (Wildman–Crippen LogP) is 3.39. The van der Waals surface area contributed by atoms with E-state index in [-0.39, 0.29) is 10.5 Å². The third kappa shape index (κ3) is 3.85. The van der Waals surface area contributed by atoms with Crippen molar-refractivity contribution in [3.63, 3.8) is 0 Å². The van der Waals surface area contributed by atoms with Crippen molar-refractivity contribution in [3.8, 4) is 5.75 Å². The van der Waals surface area contributed by atoms with Crippen LogP contribution in [0.1, 0.15) is 23.2 Å². The van der Waals surface area contributed by atoms with E-state index in [1.54, 1.807) is 30.3 Å². The molecule has 2 aromatic rings. The van der Waals surface area contributed by atoms with Crippen molar-refractivity contribution in [2.24, 2.45) is 0 Å². The lowest BCUT2D eigenvalue weighted by molar-refractivity contribution is 0.102. The Morgan fingerprint density at radius 2 is 1.88 bits per heavy atom. The van der Waals surface area contributed by atoms with Crippen LogP contribution in [0.25, 0.3) is 0 Å². The SMILES string of the molecule is COc1ccc(NC(=O)c2cccc(S(=O)(=O)N3CCCC3)c2)c(Cl)c1. The number of methoxy groups -OCH3 is 1. The molecule has 0 aromatic heterocycles. The number of carbonyl (C=O) groups is 1. The monoisotopic (exact) mass is 394 g/mol. The zero-order chi connectivity index (χ0) is 18.7. The molecule has 0 saturated carbocycles. The predicted molar refractivity (Wildman–Crippen MR) is 100 cm³/mol. The summed E-state index contributed by atoms with van der Waals surface area (Å²) in [6, 6.07) is 10.9. The number of anilines is 1. The van der Waals surface area contributed by atoms with Crippen molar-refractivity contribution in [2.75, 3.05) is 25.5 Å². The van der Waals surface area contributed by atoms with E-state index < -0.39 is 15.9 Å². The summed E-state index contributed by atoms with van der Waals surface area (Å²) in [6.07, 6.45) is 1.71. The van der Waals surface area contributed by atoms with Crippen molar-refractivity contribution in [1.82, 2.24) is 4.31 Å². The summed E-state index contributed by atoms with van der Waals surface area (Å²) in [5, 5.41) is 3.02. The maximum Gasteiger partial charge on any atom is 0.255 e. The average molecular weight is 395 g/mol. The van der Waals surface area contributed by atoms with Crippen molar-refractivity contribution in [1.29, 1.82) is 0 Å². The summed E-state index contributed by atoms with van der Waals surface area (Å²) < 4.78 is 31.8. The Morgan fingerprint density at radius 1 is 1.15 bits per heavy atom. The third-order valence-electron chi connectivity index (χ3n) is 4.22. The molecule has 1 aliphatic heterocycles. The highest BCUT2D eigenvalue weighted by molar-refractivity contribution is 7.89. The summed E-state index contributed by atoms with van der Waals surface area (Å²) in [4.78, 5) is 12.6. The van der Waals surface area contributed by atoms with Gasteiger partial charge in [-0.1, -0.05) is 17.7 Å². The summed E-state index contributed by atoms with van der Waals surface area (Å²) >= 11 is 6.13. The first-order chi connectivity index (χ1) is 12.4. The van der Waals surface area contributed by atoms with Crippen LogP contribution in [0.4, 0.5) is 5.69 Å².